The second-order valence-corrected chi connectivity index (χ2v) is 3.48. The molecule has 3 nitrogen and oxygen atoms in total. The predicted molar refractivity (Wildman–Crippen MR) is 43.3 cm³/mol. The molecule has 0 aromatic carbocycles. The number of aliphatic hydroxyl groups excluding tert-OH is 2. The molecule has 0 bridgehead atoms. The summed E-state index contributed by atoms with van der Waals surface area (Å²) in [6.45, 7) is 3.27. The number of hydrogen-bond donors (Lipinski definition) is 3. The molecule has 0 radical (unpaired) electrons. The molecule has 0 aromatic heterocycles. The zero-order chi connectivity index (χ0) is 8.32. The van der Waals surface area contributed by atoms with E-state index in [0.29, 0.717) is 6.04 Å². The summed E-state index contributed by atoms with van der Waals surface area (Å²) >= 11 is 0. The summed E-state index contributed by atoms with van der Waals surface area (Å²) in [5.41, 5.74) is -0.174. The van der Waals surface area contributed by atoms with E-state index in [0.717, 1.165) is 19.4 Å². The largest absolute Gasteiger partial charge is 0.396 e. The normalized spacial score (nSPS) is 23.2. The van der Waals surface area contributed by atoms with E-state index < -0.39 is 0 Å². The summed E-state index contributed by atoms with van der Waals surface area (Å²) in [6, 6.07) is 0.513. The van der Waals surface area contributed by atoms with Crippen molar-refractivity contribution in [3.63, 3.8) is 0 Å². The van der Waals surface area contributed by atoms with Gasteiger partial charge in [-0.05, 0) is 19.4 Å². The van der Waals surface area contributed by atoms with Crippen molar-refractivity contribution in [3.05, 3.63) is 0 Å². The second kappa shape index (κ2) is 3.52. The third kappa shape index (κ3) is 1.72. The fourth-order valence-electron chi connectivity index (χ4n) is 1.73. The van der Waals surface area contributed by atoms with Gasteiger partial charge >= 0.3 is 0 Å². The van der Waals surface area contributed by atoms with E-state index >= 15 is 0 Å². The number of hydrogen-bond acceptors (Lipinski definition) is 3. The molecule has 0 spiro atoms. The fraction of sp³-hybridized carbons (Fsp3) is 1.00. The highest BCUT2D eigenvalue weighted by molar-refractivity contribution is 4.96. The van der Waals surface area contributed by atoms with Gasteiger partial charge in [-0.1, -0.05) is 6.92 Å². The van der Waals surface area contributed by atoms with Crippen LogP contribution in [0.4, 0.5) is 0 Å². The van der Waals surface area contributed by atoms with Crippen LogP contribution in [0, 0.1) is 5.41 Å². The third-order valence-electron chi connectivity index (χ3n) is 2.52. The smallest absolute Gasteiger partial charge is 0.0510 e. The molecule has 3 heteroatoms. The van der Waals surface area contributed by atoms with Gasteiger partial charge in [0.15, 0.2) is 0 Å². The fourth-order valence-corrected chi connectivity index (χ4v) is 1.73. The summed E-state index contributed by atoms with van der Waals surface area (Å²) < 4.78 is 0. The molecule has 1 aliphatic rings. The summed E-state index contributed by atoms with van der Waals surface area (Å²) in [7, 11) is 0. The van der Waals surface area contributed by atoms with Crippen LogP contribution in [0.5, 0.6) is 0 Å². The van der Waals surface area contributed by atoms with E-state index in [2.05, 4.69) is 12.2 Å². The molecule has 0 aromatic rings. The molecule has 1 aliphatic carbocycles. The van der Waals surface area contributed by atoms with Crippen LogP contribution in [-0.4, -0.2) is 36.0 Å². The van der Waals surface area contributed by atoms with Gasteiger partial charge in [-0.2, -0.15) is 0 Å². The van der Waals surface area contributed by atoms with Gasteiger partial charge in [0.1, 0.15) is 0 Å². The van der Waals surface area contributed by atoms with Crippen molar-refractivity contribution >= 4 is 0 Å². The molecular weight excluding hydrogens is 142 g/mol. The molecule has 0 heterocycles. The molecule has 1 fully saturated rings. The number of rotatable bonds is 4. The maximum absolute atomic E-state index is 8.93. The van der Waals surface area contributed by atoms with Crippen LogP contribution in [0.2, 0.25) is 0 Å². The van der Waals surface area contributed by atoms with Crippen molar-refractivity contribution in [2.45, 2.75) is 25.8 Å². The van der Waals surface area contributed by atoms with E-state index in [-0.39, 0.29) is 18.6 Å². The summed E-state index contributed by atoms with van der Waals surface area (Å²) in [5, 5.41) is 21.2. The van der Waals surface area contributed by atoms with Crippen molar-refractivity contribution in [1.29, 1.82) is 0 Å². The Morgan fingerprint density at radius 1 is 1.36 bits per heavy atom. The minimum atomic E-state index is -0.174. The highest BCUT2D eigenvalue weighted by atomic mass is 16.3. The first kappa shape index (κ1) is 8.97. The lowest BCUT2D eigenvalue weighted by atomic mass is 9.66. The first-order chi connectivity index (χ1) is 5.26. The van der Waals surface area contributed by atoms with E-state index in [1.165, 1.54) is 0 Å². The zero-order valence-electron chi connectivity index (χ0n) is 7.01. The molecule has 1 saturated carbocycles. The number of nitrogens with one attached hydrogen (secondary N) is 1. The van der Waals surface area contributed by atoms with Gasteiger partial charge in [0, 0.05) is 11.5 Å². The topological polar surface area (TPSA) is 52.5 Å². The van der Waals surface area contributed by atoms with Gasteiger partial charge in [-0.25, -0.2) is 0 Å². The van der Waals surface area contributed by atoms with E-state index in [1.807, 2.05) is 0 Å². The number of aliphatic hydroxyl groups is 2. The van der Waals surface area contributed by atoms with E-state index in [9.17, 15) is 0 Å². The Labute approximate surface area is 67.4 Å². The maximum atomic E-state index is 8.93. The third-order valence-corrected chi connectivity index (χ3v) is 2.52. The van der Waals surface area contributed by atoms with Crippen LogP contribution < -0.4 is 5.32 Å². The molecule has 11 heavy (non-hydrogen) atoms. The minimum Gasteiger partial charge on any atom is -0.396 e. The molecule has 0 unspecified atom stereocenters. The quantitative estimate of drug-likeness (QED) is 0.529. The highest BCUT2D eigenvalue weighted by Gasteiger charge is 2.42. The lowest BCUT2D eigenvalue weighted by Gasteiger charge is -2.45. The predicted octanol–water partition coefficient (Wildman–Crippen LogP) is -0.271. The van der Waals surface area contributed by atoms with Crippen LogP contribution >= 0.6 is 0 Å². The van der Waals surface area contributed by atoms with Crippen molar-refractivity contribution in [2.75, 3.05) is 19.8 Å². The Hall–Kier alpha value is -0.120. The molecule has 0 atom stereocenters. The average Bonchev–Trinajstić information content (AvgIpc) is 1.96. The summed E-state index contributed by atoms with van der Waals surface area (Å²) in [5.74, 6) is 0. The van der Waals surface area contributed by atoms with Crippen LogP contribution in [0.3, 0.4) is 0 Å². The Kier molecular flexibility index (Phi) is 2.87. The molecule has 0 aliphatic heterocycles. The molecule has 0 saturated heterocycles. The van der Waals surface area contributed by atoms with E-state index in [1.54, 1.807) is 0 Å². The Morgan fingerprint density at radius 3 is 2.27 bits per heavy atom. The van der Waals surface area contributed by atoms with Crippen LogP contribution in [0.15, 0.2) is 0 Å². The van der Waals surface area contributed by atoms with Gasteiger partial charge in [-0.3, -0.25) is 0 Å². The van der Waals surface area contributed by atoms with Crippen molar-refractivity contribution in [1.82, 2.24) is 5.32 Å². The first-order valence-corrected chi connectivity index (χ1v) is 4.21. The monoisotopic (exact) mass is 159 g/mol. The van der Waals surface area contributed by atoms with Crippen LogP contribution in [-0.2, 0) is 0 Å². The van der Waals surface area contributed by atoms with Crippen LogP contribution in [0.25, 0.3) is 0 Å². The highest BCUT2D eigenvalue weighted by Crippen LogP contribution is 2.39. The van der Waals surface area contributed by atoms with Gasteiger partial charge in [0.2, 0.25) is 0 Å². The van der Waals surface area contributed by atoms with Crippen molar-refractivity contribution < 1.29 is 10.2 Å². The summed E-state index contributed by atoms with van der Waals surface area (Å²) in [4.78, 5) is 0. The average molecular weight is 159 g/mol. The Morgan fingerprint density at radius 2 is 1.91 bits per heavy atom. The standard InChI is InChI=1S/C8H17NO2/c1-2-9-7-3-8(4-7,5-10)6-11/h7,9-11H,2-6H2,1H3. The lowest BCUT2D eigenvalue weighted by Crippen LogP contribution is -2.52. The van der Waals surface area contributed by atoms with Crippen LogP contribution in [0.1, 0.15) is 19.8 Å². The zero-order valence-corrected chi connectivity index (χ0v) is 7.01. The van der Waals surface area contributed by atoms with Crippen molar-refractivity contribution in [3.8, 4) is 0 Å². The first-order valence-electron chi connectivity index (χ1n) is 4.21. The maximum Gasteiger partial charge on any atom is 0.0510 e. The van der Waals surface area contributed by atoms with Gasteiger partial charge in [0.25, 0.3) is 0 Å². The second-order valence-electron chi connectivity index (χ2n) is 3.48. The van der Waals surface area contributed by atoms with Gasteiger partial charge < -0.3 is 15.5 Å². The molecule has 66 valence electrons. The molecule has 3 N–H and O–H groups in total. The molecular formula is C8H17NO2. The Bertz CT molecular complexity index is 115. The van der Waals surface area contributed by atoms with E-state index in [4.69, 9.17) is 10.2 Å². The molecule has 1 rings (SSSR count). The Balaban J connectivity index is 2.24. The van der Waals surface area contributed by atoms with Gasteiger partial charge in [-0.15, -0.1) is 0 Å². The molecule has 0 amide bonds. The minimum absolute atomic E-state index is 0.116. The lowest BCUT2D eigenvalue weighted by molar-refractivity contribution is -0.0312. The van der Waals surface area contributed by atoms with Gasteiger partial charge in [0.05, 0.1) is 13.2 Å². The van der Waals surface area contributed by atoms with Crippen molar-refractivity contribution in [2.24, 2.45) is 5.41 Å². The SMILES string of the molecule is CCNC1CC(CO)(CO)C1. The summed E-state index contributed by atoms with van der Waals surface area (Å²) in [6.07, 6.45) is 1.82.